The fraction of sp³-hybridized carbons (Fsp3) is 0.619. The van der Waals surface area contributed by atoms with Crippen LogP contribution in [-0.4, -0.2) is 48.6 Å². The molecule has 0 spiro atoms. The Hall–Kier alpha value is -1.95. The zero-order valence-electron chi connectivity index (χ0n) is 16.6. The van der Waals surface area contributed by atoms with E-state index in [4.69, 9.17) is 4.74 Å². The van der Waals surface area contributed by atoms with E-state index in [0.717, 1.165) is 49.3 Å². The number of aryl methyl sites for hydroxylation is 1. The van der Waals surface area contributed by atoms with Gasteiger partial charge in [0.05, 0.1) is 38.0 Å². The number of likely N-dealkylation sites (tertiary alicyclic amines) is 1. The van der Waals surface area contributed by atoms with Crippen molar-refractivity contribution in [3.05, 3.63) is 29.1 Å². The van der Waals surface area contributed by atoms with Gasteiger partial charge in [-0.15, -0.1) is 0 Å². The topological polar surface area (TPSA) is 55.4 Å². The fourth-order valence-electron chi connectivity index (χ4n) is 4.45. The average Bonchev–Trinajstić information content (AvgIpc) is 3.43. The summed E-state index contributed by atoms with van der Waals surface area (Å²) in [5.41, 5.74) is 0.544. The number of rotatable bonds is 5. The minimum absolute atomic E-state index is 0.0628. The van der Waals surface area contributed by atoms with E-state index < -0.39 is 17.3 Å². The van der Waals surface area contributed by atoms with Gasteiger partial charge in [0.2, 0.25) is 0 Å². The molecule has 1 aliphatic heterocycles. The number of nitrogens with one attached hydrogen (secondary N) is 1. The lowest BCUT2D eigenvalue weighted by atomic mass is 10.0. The van der Waals surface area contributed by atoms with Crippen LogP contribution >= 0.6 is 0 Å². The highest BCUT2D eigenvalue weighted by Crippen LogP contribution is 2.48. The smallest absolute Gasteiger partial charge is 0.340 e. The predicted octanol–water partition coefficient (Wildman–Crippen LogP) is 3.80. The van der Waals surface area contributed by atoms with Crippen molar-refractivity contribution in [2.45, 2.75) is 57.9 Å². The molecule has 0 unspecified atom stereocenters. The third kappa shape index (κ3) is 3.72. The third-order valence-corrected chi connectivity index (χ3v) is 6.27. The van der Waals surface area contributed by atoms with E-state index >= 15 is 0 Å². The lowest BCUT2D eigenvalue weighted by Crippen LogP contribution is -2.60. The molecule has 1 heterocycles. The van der Waals surface area contributed by atoms with Crippen molar-refractivity contribution in [3.8, 4) is 0 Å². The highest BCUT2D eigenvalue weighted by molar-refractivity contribution is 6.05. The number of halogens is 1. The van der Waals surface area contributed by atoms with Gasteiger partial charge in [0, 0.05) is 12.8 Å². The van der Waals surface area contributed by atoms with E-state index in [9.17, 15) is 14.0 Å². The zero-order valence-corrected chi connectivity index (χ0v) is 16.6. The number of quaternary nitrogens is 1. The van der Waals surface area contributed by atoms with Gasteiger partial charge in [-0.3, -0.25) is 4.79 Å². The summed E-state index contributed by atoms with van der Waals surface area (Å²) in [6.07, 6.45) is 6.41. The van der Waals surface area contributed by atoms with Gasteiger partial charge < -0.3 is 14.5 Å². The number of likely N-dealkylation sites (N-methyl/N-ethyl adjacent to an activating group) is 1. The van der Waals surface area contributed by atoms with E-state index in [1.54, 1.807) is 13.8 Å². The van der Waals surface area contributed by atoms with Gasteiger partial charge in [-0.05, 0) is 57.2 Å². The fourth-order valence-corrected chi connectivity index (χ4v) is 4.45. The summed E-state index contributed by atoms with van der Waals surface area (Å²) in [7, 11) is 2.18. The molecule has 1 saturated heterocycles. The zero-order chi connectivity index (χ0) is 19.7. The van der Waals surface area contributed by atoms with Crippen LogP contribution in [0, 0.1) is 12.7 Å². The van der Waals surface area contributed by atoms with Crippen molar-refractivity contribution in [1.82, 2.24) is 0 Å². The van der Waals surface area contributed by atoms with Crippen LogP contribution in [0.5, 0.6) is 0 Å². The molecule has 1 aromatic carbocycles. The molecule has 3 rings (SSSR count). The standard InChI is InChI=1S/C21H29FN2O3/c1-4-27-19(25)17-14-16(22)13-15(2)18(17)23-20(26)21(9-10-21)24(3)11-7-5-6-8-12-24/h13-14H,4-12H2,1-3H3/p+1. The van der Waals surface area contributed by atoms with E-state index in [1.807, 2.05) is 0 Å². The van der Waals surface area contributed by atoms with Crippen LogP contribution in [0.4, 0.5) is 10.1 Å². The largest absolute Gasteiger partial charge is 0.462 e. The van der Waals surface area contributed by atoms with Crippen LogP contribution in [0.3, 0.4) is 0 Å². The van der Waals surface area contributed by atoms with Crippen molar-refractivity contribution in [1.29, 1.82) is 0 Å². The number of hydrogen-bond donors (Lipinski definition) is 1. The Morgan fingerprint density at radius 2 is 1.81 bits per heavy atom. The second kappa shape index (κ2) is 7.58. The van der Waals surface area contributed by atoms with Gasteiger partial charge in [-0.1, -0.05) is 0 Å². The summed E-state index contributed by atoms with van der Waals surface area (Å²) in [6.45, 7) is 5.59. The maximum atomic E-state index is 13.9. The number of benzene rings is 1. The minimum atomic E-state index is -0.615. The number of anilines is 1. The highest BCUT2D eigenvalue weighted by Gasteiger charge is 2.63. The second-order valence-electron chi connectivity index (χ2n) is 8.11. The van der Waals surface area contributed by atoms with Crippen LogP contribution in [0.15, 0.2) is 12.1 Å². The lowest BCUT2D eigenvalue weighted by Gasteiger charge is -2.41. The molecule has 27 heavy (non-hydrogen) atoms. The van der Waals surface area contributed by atoms with Crippen molar-refractivity contribution >= 4 is 17.6 Å². The Morgan fingerprint density at radius 1 is 1.19 bits per heavy atom. The third-order valence-electron chi connectivity index (χ3n) is 6.27. The number of carbonyl (C=O) groups excluding carboxylic acids is 2. The molecule has 6 heteroatoms. The summed E-state index contributed by atoms with van der Waals surface area (Å²) in [6, 6.07) is 2.47. The summed E-state index contributed by atoms with van der Waals surface area (Å²) in [4.78, 5) is 25.6. The molecule has 0 bridgehead atoms. The van der Waals surface area contributed by atoms with E-state index in [1.165, 1.54) is 18.9 Å². The molecule has 2 fully saturated rings. The monoisotopic (exact) mass is 377 g/mol. The highest BCUT2D eigenvalue weighted by atomic mass is 19.1. The van der Waals surface area contributed by atoms with Crippen molar-refractivity contribution in [2.75, 3.05) is 32.1 Å². The van der Waals surface area contributed by atoms with Crippen molar-refractivity contribution < 1.29 is 23.2 Å². The van der Waals surface area contributed by atoms with E-state index in [0.29, 0.717) is 11.3 Å². The Balaban J connectivity index is 1.89. The number of hydrogen-bond acceptors (Lipinski definition) is 3. The maximum absolute atomic E-state index is 13.9. The molecule has 5 nitrogen and oxygen atoms in total. The van der Waals surface area contributed by atoms with Crippen LogP contribution in [0.1, 0.15) is 61.4 Å². The molecular formula is C21H30FN2O3+. The van der Waals surface area contributed by atoms with E-state index in [2.05, 4.69) is 12.4 Å². The Morgan fingerprint density at radius 3 is 2.37 bits per heavy atom. The number of ether oxygens (including phenoxy) is 1. The molecule has 0 aromatic heterocycles. The Kier molecular flexibility index (Phi) is 5.56. The van der Waals surface area contributed by atoms with Crippen LogP contribution in [-0.2, 0) is 9.53 Å². The summed E-state index contributed by atoms with van der Waals surface area (Å²) >= 11 is 0. The molecule has 1 aliphatic carbocycles. The first-order valence-corrected chi connectivity index (χ1v) is 9.96. The molecule has 2 aliphatic rings. The quantitative estimate of drug-likeness (QED) is 0.627. The SMILES string of the molecule is CCOC(=O)c1cc(F)cc(C)c1NC(=O)C1([N+]2(C)CCCCCC2)CC1. The molecule has 1 saturated carbocycles. The van der Waals surface area contributed by atoms with E-state index in [-0.39, 0.29) is 18.1 Å². The van der Waals surface area contributed by atoms with Gasteiger partial charge in [0.15, 0.2) is 5.54 Å². The normalized spacial score (nSPS) is 20.4. The van der Waals surface area contributed by atoms with Gasteiger partial charge >= 0.3 is 5.97 Å². The molecule has 0 atom stereocenters. The Labute approximate surface area is 160 Å². The van der Waals surface area contributed by atoms with Gasteiger partial charge in [0.1, 0.15) is 5.82 Å². The van der Waals surface area contributed by atoms with Crippen LogP contribution in [0.2, 0.25) is 0 Å². The molecule has 148 valence electrons. The summed E-state index contributed by atoms with van der Waals surface area (Å²) < 4.78 is 19.7. The first kappa shape index (κ1) is 19.8. The molecule has 0 radical (unpaired) electrons. The van der Waals surface area contributed by atoms with Crippen molar-refractivity contribution in [2.24, 2.45) is 0 Å². The molecule has 1 N–H and O–H groups in total. The average molecular weight is 377 g/mol. The minimum Gasteiger partial charge on any atom is -0.462 e. The first-order chi connectivity index (χ1) is 12.8. The van der Waals surface area contributed by atoms with Gasteiger partial charge in [0.25, 0.3) is 5.91 Å². The number of carbonyl (C=O) groups is 2. The summed E-state index contributed by atoms with van der Waals surface area (Å²) in [5, 5.41) is 2.97. The van der Waals surface area contributed by atoms with Crippen molar-refractivity contribution in [3.63, 3.8) is 0 Å². The number of esters is 1. The maximum Gasteiger partial charge on any atom is 0.340 e. The second-order valence-corrected chi connectivity index (χ2v) is 8.11. The van der Waals surface area contributed by atoms with Gasteiger partial charge in [-0.25, -0.2) is 9.18 Å². The van der Waals surface area contributed by atoms with Crippen LogP contribution < -0.4 is 5.32 Å². The first-order valence-electron chi connectivity index (χ1n) is 9.96. The van der Waals surface area contributed by atoms with Crippen LogP contribution in [0.25, 0.3) is 0 Å². The summed E-state index contributed by atoms with van der Waals surface area (Å²) in [5.74, 6) is -1.19. The number of amides is 1. The molecule has 1 amide bonds. The molecule has 1 aromatic rings. The Bertz CT molecular complexity index is 735. The molecular weight excluding hydrogens is 347 g/mol. The predicted molar refractivity (Wildman–Crippen MR) is 102 cm³/mol. The van der Waals surface area contributed by atoms with Gasteiger partial charge in [-0.2, -0.15) is 0 Å². The lowest BCUT2D eigenvalue weighted by molar-refractivity contribution is -0.933. The number of nitrogens with zero attached hydrogens (tertiary/aromatic N) is 1.